The maximum atomic E-state index is 11.6. The molecule has 0 unspecified atom stereocenters. The van der Waals surface area contributed by atoms with Gasteiger partial charge < -0.3 is 10.1 Å². The zero-order valence-electron chi connectivity index (χ0n) is 14.4. The van der Waals surface area contributed by atoms with Crippen molar-refractivity contribution in [3.05, 3.63) is 51.1 Å². The van der Waals surface area contributed by atoms with Gasteiger partial charge in [-0.25, -0.2) is 9.79 Å². The van der Waals surface area contributed by atoms with E-state index in [0.29, 0.717) is 17.8 Å². The van der Waals surface area contributed by atoms with Crippen LogP contribution in [-0.4, -0.2) is 29.1 Å². The number of aliphatic imine (C=N–C) groups is 1. The molecule has 0 spiro atoms. The SMILES string of the molecule is CCCc1csc([N+](=O)[O-])c1NC(=NCc1ccccn1)NC(=O)OC. The van der Waals surface area contributed by atoms with Crippen LogP contribution in [0.2, 0.25) is 0 Å². The van der Waals surface area contributed by atoms with Crippen LogP contribution < -0.4 is 10.6 Å². The largest absolute Gasteiger partial charge is 0.453 e. The minimum absolute atomic E-state index is 0.0364. The molecule has 0 atom stereocenters. The van der Waals surface area contributed by atoms with Crippen molar-refractivity contribution in [1.82, 2.24) is 10.3 Å². The molecule has 26 heavy (non-hydrogen) atoms. The van der Waals surface area contributed by atoms with Gasteiger partial charge in [0.2, 0.25) is 5.96 Å². The van der Waals surface area contributed by atoms with Crippen LogP contribution in [0.25, 0.3) is 0 Å². The van der Waals surface area contributed by atoms with E-state index in [4.69, 9.17) is 0 Å². The molecule has 2 rings (SSSR count). The quantitative estimate of drug-likeness (QED) is 0.345. The summed E-state index contributed by atoms with van der Waals surface area (Å²) in [5, 5.41) is 18.3. The number of hydrogen-bond acceptors (Lipinski definition) is 7. The Morgan fingerprint density at radius 3 is 2.88 bits per heavy atom. The van der Waals surface area contributed by atoms with E-state index in [2.05, 4.69) is 25.3 Å². The van der Waals surface area contributed by atoms with Crippen LogP contribution in [0.4, 0.5) is 15.5 Å². The van der Waals surface area contributed by atoms with E-state index in [1.807, 2.05) is 13.0 Å². The predicted octanol–water partition coefficient (Wildman–Crippen LogP) is 3.33. The van der Waals surface area contributed by atoms with E-state index >= 15 is 0 Å². The lowest BCUT2D eigenvalue weighted by Crippen LogP contribution is -2.36. The van der Waals surface area contributed by atoms with Crippen LogP contribution in [-0.2, 0) is 17.7 Å². The molecule has 2 heterocycles. The van der Waals surface area contributed by atoms with Crippen molar-refractivity contribution in [1.29, 1.82) is 0 Å². The van der Waals surface area contributed by atoms with E-state index in [1.165, 1.54) is 7.11 Å². The summed E-state index contributed by atoms with van der Waals surface area (Å²) in [7, 11) is 1.22. The van der Waals surface area contributed by atoms with Crippen LogP contribution in [0.15, 0.2) is 34.8 Å². The molecule has 0 aliphatic rings. The molecule has 0 radical (unpaired) electrons. The molecular weight excluding hydrogens is 358 g/mol. The number of amides is 1. The molecule has 9 nitrogen and oxygen atoms in total. The molecule has 2 aromatic rings. The molecule has 0 saturated heterocycles. The van der Waals surface area contributed by atoms with Crippen LogP contribution in [0.5, 0.6) is 0 Å². The van der Waals surface area contributed by atoms with E-state index in [-0.39, 0.29) is 17.5 Å². The summed E-state index contributed by atoms with van der Waals surface area (Å²) in [5.41, 5.74) is 1.81. The number of aromatic nitrogens is 1. The first-order chi connectivity index (χ1) is 12.5. The Hall–Kier alpha value is -3.01. The van der Waals surface area contributed by atoms with Gasteiger partial charge in [-0.1, -0.05) is 30.7 Å². The lowest BCUT2D eigenvalue weighted by atomic mass is 10.2. The number of pyridine rings is 1. The summed E-state index contributed by atoms with van der Waals surface area (Å²) in [5.74, 6) is 0.0568. The summed E-state index contributed by atoms with van der Waals surface area (Å²) in [4.78, 5) is 30.9. The normalized spacial score (nSPS) is 11.1. The van der Waals surface area contributed by atoms with Gasteiger partial charge in [0.1, 0.15) is 5.69 Å². The van der Waals surface area contributed by atoms with Crippen LogP contribution >= 0.6 is 11.3 Å². The Labute approximate surface area is 154 Å². The third-order valence-corrected chi connectivity index (χ3v) is 4.29. The molecule has 0 aliphatic carbocycles. The predicted molar refractivity (Wildman–Crippen MR) is 99.5 cm³/mol. The molecular formula is C16H19N5O4S. The first-order valence-electron chi connectivity index (χ1n) is 7.86. The number of nitrogens with zero attached hydrogens (tertiary/aromatic N) is 3. The van der Waals surface area contributed by atoms with Gasteiger partial charge in [0, 0.05) is 11.6 Å². The highest BCUT2D eigenvalue weighted by Gasteiger charge is 2.22. The maximum Gasteiger partial charge on any atom is 0.413 e. The van der Waals surface area contributed by atoms with Gasteiger partial charge in [-0.2, -0.15) is 0 Å². The van der Waals surface area contributed by atoms with Gasteiger partial charge in [-0.3, -0.25) is 20.4 Å². The monoisotopic (exact) mass is 377 g/mol. The van der Waals surface area contributed by atoms with Gasteiger partial charge >= 0.3 is 11.1 Å². The van der Waals surface area contributed by atoms with E-state index in [9.17, 15) is 14.9 Å². The molecule has 0 aliphatic heterocycles. The number of nitrogens with one attached hydrogen (secondary N) is 2. The van der Waals surface area contributed by atoms with Crippen LogP contribution in [0.1, 0.15) is 24.6 Å². The minimum Gasteiger partial charge on any atom is -0.453 e. The standard InChI is InChI=1S/C16H19N5O4S/c1-3-6-11-10-26-14(21(23)24)13(11)19-15(20-16(22)25-2)18-9-12-7-4-5-8-17-12/h4-5,7-8,10H,3,6,9H2,1-2H3,(H2,18,19,20,22). The van der Waals surface area contributed by atoms with Crippen molar-refractivity contribution in [3.8, 4) is 0 Å². The average Bonchev–Trinajstić information content (AvgIpc) is 3.03. The smallest absolute Gasteiger partial charge is 0.413 e. The van der Waals surface area contributed by atoms with Gasteiger partial charge in [-0.15, -0.1) is 0 Å². The molecule has 10 heteroatoms. The molecule has 1 amide bonds. The van der Waals surface area contributed by atoms with Crippen molar-refractivity contribution in [2.75, 3.05) is 12.4 Å². The van der Waals surface area contributed by atoms with Crippen molar-refractivity contribution >= 4 is 34.1 Å². The van der Waals surface area contributed by atoms with E-state index in [1.54, 1.807) is 23.7 Å². The number of anilines is 1. The molecule has 2 N–H and O–H groups in total. The van der Waals surface area contributed by atoms with Crippen molar-refractivity contribution in [3.63, 3.8) is 0 Å². The number of hydrogen-bond donors (Lipinski definition) is 2. The summed E-state index contributed by atoms with van der Waals surface area (Å²) in [6.45, 7) is 2.17. The highest BCUT2D eigenvalue weighted by Crippen LogP contribution is 2.36. The molecule has 138 valence electrons. The Kier molecular flexibility index (Phi) is 7.03. The van der Waals surface area contributed by atoms with Gasteiger partial charge in [-0.05, 0) is 24.1 Å². The average molecular weight is 377 g/mol. The second-order valence-electron chi connectivity index (χ2n) is 5.18. The zero-order chi connectivity index (χ0) is 18.9. The van der Waals surface area contributed by atoms with E-state index < -0.39 is 11.0 Å². The van der Waals surface area contributed by atoms with Gasteiger partial charge in [0.25, 0.3) is 0 Å². The molecule has 0 fully saturated rings. The van der Waals surface area contributed by atoms with Crippen LogP contribution in [0, 0.1) is 10.1 Å². The summed E-state index contributed by atoms with van der Waals surface area (Å²) >= 11 is 1.03. The topological polar surface area (TPSA) is 119 Å². The van der Waals surface area contributed by atoms with Crippen molar-refractivity contribution < 1.29 is 14.5 Å². The number of aryl methyl sites for hydroxylation is 1. The van der Waals surface area contributed by atoms with E-state index in [0.717, 1.165) is 23.3 Å². The Morgan fingerprint density at radius 2 is 2.27 bits per heavy atom. The number of ether oxygens (including phenoxy) is 1. The Bertz CT molecular complexity index is 791. The summed E-state index contributed by atoms with van der Waals surface area (Å²) in [6.07, 6.45) is 2.40. The lowest BCUT2D eigenvalue weighted by molar-refractivity contribution is -0.379. The fourth-order valence-corrected chi connectivity index (χ4v) is 3.01. The minimum atomic E-state index is -0.729. The molecule has 0 bridgehead atoms. The Morgan fingerprint density at radius 1 is 1.46 bits per heavy atom. The van der Waals surface area contributed by atoms with Crippen molar-refractivity contribution in [2.45, 2.75) is 26.3 Å². The third-order valence-electron chi connectivity index (χ3n) is 3.31. The number of carbonyl (C=O) groups is 1. The van der Waals surface area contributed by atoms with Crippen LogP contribution in [0.3, 0.4) is 0 Å². The van der Waals surface area contributed by atoms with Gasteiger partial charge in [0.15, 0.2) is 0 Å². The first-order valence-corrected chi connectivity index (χ1v) is 8.74. The molecule has 2 aromatic heterocycles. The number of nitro groups is 1. The maximum absolute atomic E-state index is 11.6. The molecule has 0 saturated carbocycles. The third kappa shape index (κ3) is 5.24. The Balaban J connectivity index is 2.30. The number of guanidine groups is 1. The first kappa shape index (κ1) is 19.3. The fourth-order valence-electron chi connectivity index (χ4n) is 2.13. The van der Waals surface area contributed by atoms with Crippen molar-refractivity contribution in [2.24, 2.45) is 4.99 Å². The highest BCUT2D eigenvalue weighted by molar-refractivity contribution is 7.14. The fraction of sp³-hybridized carbons (Fsp3) is 0.312. The summed E-state index contributed by atoms with van der Waals surface area (Å²) < 4.78 is 4.59. The lowest BCUT2D eigenvalue weighted by Gasteiger charge is -2.11. The number of alkyl carbamates (subject to hydrolysis) is 1. The van der Waals surface area contributed by atoms with Gasteiger partial charge in [0.05, 0.1) is 24.3 Å². The number of methoxy groups -OCH3 is 1. The number of carbonyl (C=O) groups excluding carboxylic acids is 1. The number of rotatable bonds is 6. The zero-order valence-corrected chi connectivity index (χ0v) is 15.2. The molecule has 0 aromatic carbocycles. The highest BCUT2D eigenvalue weighted by atomic mass is 32.1. The number of thiophene rings is 1. The summed E-state index contributed by atoms with van der Waals surface area (Å²) in [6, 6.07) is 5.39. The second kappa shape index (κ2) is 9.47. The second-order valence-corrected chi connectivity index (χ2v) is 6.03.